The molecule has 0 spiro atoms. The zero-order chi connectivity index (χ0) is 5.40. The van der Waals surface area contributed by atoms with Gasteiger partial charge in [0.05, 0.1) is 18.5 Å². The van der Waals surface area contributed by atoms with Crippen molar-refractivity contribution in [3.63, 3.8) is 0 Å². The second-order valence-electron chi connectivity index (χ2n) is 1.69. The van der Waals surface area contributed by atoms with Gasteiger partial charge in [-0.25, -0.2) is 10.3 Å². The Kier molecular flexibility index (Phi) is 0.712. The van der Waals surface area contributed by atoms with Crippen molar-refractivity contribution in [1.29, 1.82) is 0 Å². The van der Waals surface area contributed by atoms with Gasteiger partial charge in [0, 0.05) is 6.42 Å². The summed E-state index contributed by atoms with van der Waals surface area (Å²) in [5, 5.41) is 1.39. The van der Waals surface area contributed by atoms with E-state index in [9.17, 15) is 0 Å². The first-order valence-corrected chi connectivity index (χ1v) is 2.51. The van der Waals surface area contributed by atoms with Crippen LogP contribution in [0.3, 0.4) is 0 Å². The molecule has 4 heteroatoms. The van der Waals surface area contributed by atoms with E-state index >= 15 is 0 Å². The van der Waals surface area contributed by atoms with Crippen LogP contribution in [0.5, 0.6) is 0 Å². The molecule has 0 aliphatic carbocycles. The van der Waals surface area contributed by atoms with Crippen molar-refractivity contribution >= 4 is 0 Å². The molecule has 1 fully saturated rings. The minimum Gasteiger partial charge on any atom is -0.247 e. The fourth-order valence-corrected chi connectivity index (χ4v) is 0.759. The zero-order valence-electron chi connectivity index (χ0n) is 4.26. The Morgan fingerprint density at radius 1 is 1.75 bits per heavy atom. The Balaban J connectivity index is 2.20. The molecule has 2 aliphatic heterocycles. The number of fused-ring (bicyclic) bond motifs is 1. The van der Waals surface area contributed by atoms with E-state index in [4.69, 9.17) is 9.78 Å². The van der Waals surface area contributed by atoms with Crippen LogP contribution in [0.25, 0.3) is 0 Å². The highest BCUT2D eigenvalue weighted by atomic mass is 17.0. The van der Waals surface area contributed by atoms with Gasteiger partial charge in [-0.05, 0) is 0 Å². The molecular weight excluding hydrogens is 108 g/mol. The van der Waals surface area contributed by atoms with E-state index in [1.807, 2.05) is 0 Å². The van der Waals surface area contributed by atoms with Gasteiger partial charge in [-0.2, -0.15) is 0 Å². The summed E-state index contributed by atoms with van der Waals surface area (Å²) in [7, 11) is 0. The van der Waals surface area contributed by atoms with Crippen molar-refractivity contribution in [3.8, 4) is 0 Å². The van der Waals surface area contributed by atoms with Crippen LogP contribution in [0.2, 0.25) is 0 Å². The molecule has 2 rings (SSSR count). The first-order valence-electron chi connectivity index (χ1n) is 2.51. The van der Waals surface area contributed by atoms with Crippen molar-refractivity contribution in [3.05, 3.63) is 11.9 Å². The summed E-state index contributed by atoms with van der Waals surface area (Å²) in [6.45, 7) is 0.730. The van der Waals surface area contributed by atoms with Crippen LogP contribution in [-0.2, 0) is 9.78 Å². The van der Waals surface area contributed by atoms with Crippen molar-refractivity contribution in [2.45, 2.75) is 6.42 Å². The van der Waals surface area contributed by atoms with E-state index < -0.39 is 0 Å². The van der Waals surface area contributed by atoms with Crippen molar-refractivity contribution in [1.82, 2.24) is 10.7 Å². The van der Waals surface area contributed by atoms with Crippen LogP contribution in [0.4, 0.5) is 0 Å². The normalized spacial score (nSPS) is 25.0. The number of hydroxylamine groups is 3. The van der Waals surface area contributed by atoms with Gasteiger partial charge in [0.1, 0.15) is 0 Å². The molecule has 0 aromatic rings. The average Bonchev–Trinajstić information content (AvgIpc) is 2.15. The summed E-state index contributed by atoms with van der Waals surface area (Å²) in [4.78, 5) is 9.70. The largest absolute Gasteiger partial charge is 0.247 e. The number of hydrogen-bond acceptors (Lipinski definition) is 4. The fraction of sp³-hybridized carbons (Fsp3) is 0.500. The molecule has 0 atom stereocenters. The van der Waals surface area contributed by atoms with Crippen LogP contribution < -0.4 is 5.48 Å². The molecule has 0 aromatic heterocycles. The number of rotatable bonds is 0. The van der Waals surface area contributed by atoms with Gasteiger partial charge in [-0.3, -0.25) is 0 Å². The third kappa shape index (κ3) is 0.410. The molecular formula is C4H6N2O2. The van der Waals surface area contributed by atoms with Crippen LogP contribution in [0.1, 0.15) is 6.42 Å². The highest BCUT2D eigenvalue weighted by Gasteiger charge is 2.23. The predicted octanol–water partition coefficient (Wildman–Crippen LogP) is -0.0851. The topological polar surface area (TPSA) is 33.7 Å². The lowest BCUT2D eigenvalue weighted by Gasteiger charge is -2.06. The van der Waals surface area contributed by atoms with E-state index in [0.717, 1.165) is 18.7 Å². The van der Waals surface area contributed by atoms with Gasteiger partial charge in [0.15, 0.2) is 0 Å². The first-order chi connectivity index (χ1) is 3.97. The summed E-state index contributed by atoms with van der Waals surface area (Å²) < 4.78 is 0. The van der Waals surface area contributed by atoms with E-state index in [1.54, 1.807) is 6.20 Å². The number of hydrogen-bond donors (Lipinski definition) is 1. The standard InChI is InChI=1S/C4H6N2O2/c1-2-7-6-4(1)3-5-8-6/h3,5H,1-2H2. The molecule has 2 heterocycles. The van der Waals surface area contributed by atoms with Gasteiger partial charge in [0.2, 0.25) is 0 Å². The lowest BCUT2D eigenvalue weighted by molar-refractivity contribution is -0.332. The fourth-order valence-electron chi connectivity index (χ4n) is 0.759. The van der Waals surface area contributed by atoms with Gasteiger partial charge in [0.25, 0.3) is 0 Å². The molecule has 0 amide bonds. The average molecular weight is 114 g/mol. The van der Waals surface area contributed by atoms with E-state index in [2.05, 4.69) is 5.48 Å². The summed E-state index contributed by atoms with van der Waals surface area (Å²) in [6.07, 6.45) is 2.72. The Morgan fingerprint density at radius 2 is 2.75 bits per heavy atom. The first kappa shape index (κ1) is 4.17. The molecule has 4 nitrogen and oxygen atoms in total. The quantitative estimate of drug-likeness (QED) is 0.477. The van der Waals surface area contributed by atoms with Gasteiger partial charge >= 0.3 is 0 Å². The Hall–Kier alpha value is -0.740. The monoisotopic (exact) mass is 114 g/mol. The van der Waals surface area contributed by atoms with E-state index in [-0.39, 0.29) is 0 Å². The Morgan fingerprint density at radius 3 is 3.62 bits per heavy atom. The van der Waals surface area contributed by atoms with Crippen molar-refractivity contribution in [2.24, 2.45) is 0 Å². The minimum atomic E-state index is 0.730. The SMILES string of the molecule is C1=C2CCON2ON1. The third-order valence-corrected chi connectivity index (χ3v) is 1.16. The second-order valence-corrected chi connectivity index (χ2v) is 1.69. The third-order valence-electron chi connectivity index (χ3n) is 1.16. The summed E-state index contributed by atoms with van der Waals surface area (Å²) in [6, 6.07) is 0. The lowest BCUT2D eigenvalue weighted by atomic mass is 10.4. The van der Waals surface area contributed by atoms with Crippen LogP contribution in [-0.4, -0.2) is 11.8 Å². The smallest absolute Gasteiger partial charge is 0.0950 e. The number of nitrogens with zero attached hydrogens (tertiary/aromatic N) is 1. The Labute approximate surface area is 46.5 Å². The molecule has 1 N–H and O–H groups in total. The number of nitrogens with one attached hydrogen (secondary N) is 1. The molecule has 0 saturated carbocycles. The van der Waals surface area contributed by atoms with Gasteiger partial charge in [-0.15, -0.1) is 10.2 Å². The maximum Gasteiger partial charge on any atom is 0.0950 e. The maximum atomic E-state index is 4.96. The van der Waals surface area contributed by atoms with Crippen LogP contribution in [0, 0.1) is 0 Å². The second kappa shape index (κ2) is 1.37. The maximum absolute atomic E-state index is 4.96. The van der Waals surface area contributed by atoms with Crippen molar-refractivity contribution in [2.75, 3.05) is 6.61 Å². The molecule has 8 heavy (non-hydrogen) atoms. The molecule has 44 valence electrons. The molecule has 2 aliphatic rings. The van der Waals surface area contributed by atoms with Crippen LogP contribution in [0.15, 0.2) is 11.9 Å². The molecule has 0 bridgehead atoms. The predicted molar refractivity (Wildman–Crippen MR) is 24.7 cm³/mol. The van der Waals surface area contributed by atoms with Gasteiger partial charge in [-0.1, -0.05) is 0 Å². The molecule has 0 radical (unpaired) electrons. The van der Waals surface area contributed by atoms with E-state index in [0.29, 0.717) is 0 Å². The Bertz CT molecular complexity index is 134. The lowest BCUT2D eigenvalue weighted by Crippen LogP contribution is -2.15. The molecule has 0 aromatic carbocycles. The minimum absolute atomic E-state index is 0.730. The summed E-state index contributed by atoms with van der Waals surface area (Å²) >= 11 is 0. The summed E-state index contributed by atoms with van der Waals surface area (Å²) in [5.41, 5.74) is 3.62. The molecule has 0 unspecified atom stereocenters. The van der Waals surface area contributed by atoms with Crippen molar-refractivity contribution < 1.29 is 9.78 Å². The highest BCUT2D eigenvalue weighted by Crippen LogP contribution is 2.20. The van der Waals surface area contributed by atoms with E-state index in [1.165, 1.54) is 5.23 Å². The molecule has 1 saturated heterocycles. The zero-order valence-corrected chi connectivity index (χ0v) is 4.26. The van der Waals surface area contributed by atoms with Gasteiger partial charge < -0.3 is 0 Å². The van der Waals surface area contributed by atoms with Crippen LogP contribution >= 0.6 is 0 Å². The highest BCUT2D eigenvalue weighted by molar-refractivity contribution is 4.99. The summed E-state index contributed by atoms with van der Waals surface area (Å²) in [5.74, 6) is 0.